The largest absolute Gasteiger partial charge is 0.479 e. The van der Waals surface area contributed by atoms with E-state index in [0.717, 1.165) is 27.7 Å². The lowest BCUT2D eigenvalue weighted by Gasteiger charge is -2.19. The number of aryl methyl sites for hydroxylation is 2. The molecule has 210 valence electrons. The number of aromatic nitrogens is 3. The van der Waals surface area contributed by atoms with E-state index in [2.05, 4.69) is 21.3 Å². The number of amides is 3. The highest BCUT2D eigenvalue weighted by molar-refractivity contribution is 5.97. The average molecular weight is 557 g/mol. The van der Waals surface area contributed by atoms with Crippen molar-refractivity contribution in [1.29, 1.82) is 0 Å². The molecule has 2 aromatic heterocycles. The number of rotatable bonds is 9. The van der Waals surface area contributed by atoms with Gasteiger partial charge in [-0.15, -0.1) is 0 Å². The van der Waals surface area contributed by atoms with Gasteiger partial charge in [-0.25, -0.2) is 9.78 Å². The molecule has 4 aromatic rings. The van der Waals surface area contributed by atoms with Gasteiger partial charge in [0.05, 0.1) is 23.4 Å². The summed E-state index contributed by atoms with van der Waals surface area (Å²) in [6.07, 6.45) is 1.52. The Morgan fingerprint density at radius 3 is 2.54 bits per heavy atom. The summed E-state index contributed by atoms with van der Waals surface area (Å²) < 4.78 is 6.45. The van der Waals surface area contributed by atoms with Crippen molar-refractivity contribution in [2.24, 2.45) is 7.05 Å². The Hall–Kier alpha value is -5.10. The normalized spacial score (nSPS) is 16.5. The maximum Gasteiger partial charge on any atom is 0.336 e. The first-order valence-electron chi connectivity index (χ1n) is 13.0. The molecule has 3 amide bonds. The Kier molecular flexibility index (Phi) is 7.74. The van der Waals surface area contributed by atoms with Gasteiger partial charge in [-0.3, -0.25) is 29.9 Å². The van der Waals surface area contributed by atoms with Crippen LogP contribution in [0.5, 0.6) is 0 Å². The molecule has 0 saturated carbocycles. The summed E-state index contributed by atoms with van der Waals surface area (Å²) in [6, 6.07) is 16.3. The maximum atomic E-state index is 13.4. The van der Waals surface area contributed by atoms with Gasteiger partial charge in [0.15, 0.2) is 12.2 Å². The molecule has 2 aromatic carbocycles. The number of epoxide rings is 1. The topological polar surface area (TPSA) is 168 Å². The number of benzene rings is 2. The van der Waals surface area contributed by atoms with Gasteiger partial charge >= 0.3 is 5.97 Å². The van der Waals surface area contributed by atoms with Crippen molar-refractivity contribution >= 4 is 34.6 Å². The minimum atomic E-state index is -1.24. The van der Waals surface area contributed by atoms with Gasteiger partial charge < -0.3 is 15.2 Å². The third kappa shape index (κ3) is 6.23. The number of hydrogen-bond donors (Lipinski definition) is 4. The van der Waals surface area contributed by atoms with Gasteiger partial charge in [-0.05, 0) is 42.7 Å². The van der Waals surface area contributed by atoms with Crippen LogP contribution in [-0.4, -0.2) is 55.8 Å². The number of para-hydroxylation sites is 1. The summed E-state index contributed by atoms with van der Waals surface area (Å²) >= 11 is 0. The fourth-order valence-electron chi connectivity index (χ4n) is 4.59. The van der Waals surface area contributed by atoms with E-state index < -0.39 is 30.0 Å². The van der Waals surface area contributed by atoms with Crippen molar-refractivity contribution in [1.82, 2.24) is 30.9 Å². The molecule has 5 rings (SSSR count). The number of aliphatic carboxylic acids is 1. The van der Waals surface area contributed by atoms with Crippen LogP contribution in [0.25, 0.3) is 22.2 Å². The van der Waals surface area contributed by atoms with Crippen LogP contribution in [-0.2, 0) is 32.6 Å². The number of nitrogens with zero attached hydrogens (tertiary/aromatic N) is 3. The SMILES string of the molecule is C[C@@H](NC(=O)c1ccccc1CCC(=O)NNC(=O)[C@H]1O[C@@H]1C(=O)O)c1cc(-c2cnn(C)c2)nc2ccccc12. The number of carbonyl (C=O) groups excluding carboxylic acids is 3. The van der Waals surface area contributed by atoms with Crippen LogP contribution in [0.3, 0.4) is 0 Å². The highest BCUT2D eigenvalue weighted by atomic mass is 16.6. The minimum Gasteiger partial charge on any atom is -0.479 e. The van der Waals surface area contributed by atoms with Crippen LogP contribution in [0.4, 0.5) is 0 Å². The molecule has 3 heterocycles. The molecule has 0 aliphatic carbocycles. The summed E-state index contributed by atoms with van der Waals surface area (Å²) in [6.45, 7) is 1.91. The van der Waals surface area contributed by atoms with Crippen molar-refractivity contribution in [3.05, 3.63) is 83.7 Å². The van der Waals surface area contributed by atoms with Crippen molar-refractivity contribution in [2.75, 3.05) is 0 Å². The van der Waals surface area contributed by atoms with Gasteiger partial charge in [0, 0.05) is 36.2 Å². The van der Waals surface area contributed by atoms with E-state index in [4.69, 9.17) is 14.8 Å². The number of nitrogens with one attached hydrogen (secondary N) is 3. The zero-order chi connectivity index (χ0) is 29.1. The number of carboxylic acids is 1. The molecular weight excluding hydrogens is 528 g/mol. The van der Waals surface area contributed by atoms with E-state index in [1.165, 1.54) is 0 Å². The molecule has 0 bridgehead atoms. The molecule has 1 saturated heterocycles. The van der Waals surface area contributed by atoms with E-state index in [9.17, 15) is 19.2 Å². The van der Waals surface area contributed by atoms with E-state index in [0.29, 0.717) is 11.1 Å². The molecule has 0 radical (unpaired) electrons. The monoisotopic (exact) mass is 556 g/mol. The van der Waals surface area contributed by atoms with Crippen molar-refractivity contribution in [3.8, 4) is 11.3 Å². The van der Waals surface area contributed by atoms with E-state index in [1.54, 1.807) is 35.1 Å². The molecule has 1 aliphatic rings. The highest BCUT2D eigenvalue weighted by Crippen LogP contribution is 2.29. The summed E-state index contributed by atoms with van der Waals surface area (Å²) in [5, 5.41) is 17.1. The number of fused-ring (bicyclic) bond motifs is 1. The number of pyridine rings is 1. The van der Waals surface area contributed by atoms with Gasteiger partial charge in [0.1, 0.15) is 0 Å². The molecule has 4 N–H and O–H groups in total. The van der Waals surface area contributed by atoms with Crippen molar-refractivity contribution in [2.45, 2.75) is 38.0 Å². The molecular formula is C29H28N6O6. The zero-order valence-corrected chi connectivity index (χ0v) is 22.3. The fourth-order valence-corrected chi connectivity index (χ4v) is 4.59. The first-order valence-corrected chi connectivity index (χ1v) is 13.0. The van der Waals surface area contributed by atoms with Crippen molar-refractivity contribution < 1.29 is 29.0 Å². The zero-order valence-electron chi connectivity index (χ0n) is 22.3. The number of hydrazine groups is 1. The Labute approximate surface area is 234 Å². The first kappa shape index (κ1) is 27.5. The molecule has 1 aliphatic heterocycles. The molecule has 41 heavy (non-hydrogen) atoms. The average Bonchev–Trinajstić information content (AvgIpc) is 3.67. The number of ether oxygens (including phenoxy) is 1. The molecule has 12 nitrogen and oxygen atoms in total. The standard InChI is InChI=1S/C29H28N6O6/c1-16(21-13-23(18-14-30-35(2)15-18)32-22-10-6-5-9-20(21)22)31-27(37)19-8-4-3-7-17(19)11-12-24(36)33-34-28(38)25-26(41-25)29(39)40/h3-10,13-16,25-26H,11-12H2,1-2H3,(H,31,37)(H,33,36)(H,34,38)(H,39,40)/t16-,25+,26+/m1/s1. The summed E-state index contributed by atoms with van der Waals surface area (Å²) in [5.41, 5.74) is 8.82. The van der Waals surface area contributed by atoms with Crippen LogP contribution in [0.15, 0.2) is 67.0 Å². The highest BCUT2D eigenvalue weighted by Gasteiger charge is 2.50. The van der Waals surface area contributed by atoms with Crippen LogP contribution in [0.1, 0.15) is 40.9 Å². The molecule has 12 heteroatoms. The maximum absolute atomic E-state index is 13.4. The minimum absolute atomic E-state index is 0.0164. The Balaban J connectivity index is 1.25. The van der Waals surface area contributed by atoms with Gasteiger partial charge in [0.2, 0.25) is 5.91 Å². The van der Waals surface area contributed by atoms with Crippen LogP contribution >= 0.6 is 0 Å². The lowest BCUT2D eigenvalue weighted by Crippen LogP contribution is -2.44. The van der Waals surface area contributed by atoms with Gasteiger partial charge in [-0.2, -0.15) is 5.10 Å². The second-order valence-corrected chi connectivity index (χ2v) is 9.72. The van der Waals surface area contributed by atoms with E-state index >= 15 is 0 Å². The van der Waals surface area contributed by atoms with Crippen LogP contribution in [0, 0.1) is 0 Å². The smallest absolute Gasteiger partial charge is 0.336 e. The van der Waals surface area contributed by atoms with Crippen LogP contribution < -0.4 is 16.2 Å². The quantitative estimate of drug-likeness (QED) is 0.179. The van der Waals surface area contributed by atoms with Crippen molar-refractivity contribution in [3.63, 3.8) is 0 Å². The lowest BCUT2D eigenvalue weighted by molar-refractivity contribution is -0.138. The summed E-state index contributed by atoms with van der Waals surface area (Å²) in [5.74, 6) is -2.78. The lowest BCUT2D eigenvalue weighted by atomic mass is 9.98. The first-order chi connectivity index (χ1) is 19.7. The predicted molar refractivity (Wildman–Crippen MR) is 147 cm³/mol. The Morgan fingerprint density at radius 2 is 1.80 bits per heavy atom. The molecule has 0 unspecified atom stereocenters. The number of hydrogen-bond acceptors (Lipinski definition) is 7. The molecule has 1 fully saturated rings. The Morgan fingerprint density at radius 1 is 1.05 bits per heavy atom. The van der Waals surface area contributed by atoms with Crippen LogP contribution in [0.2, 0.25) is 0 Å². The third-order valence-corrected chi connectivity index (χ3v) is 6.76. The second-order valence-electron chi connectivity index (χ2n) is 9.72. The van der Waals surface area contributed by atoms with Gasteiger partial charge in [0.25, 0.3) is 11.8 Å². The van der Waals surface area contributed by atoms with E-state index in [1.807, 2.05) is 50.5 Å². The number of carboxylic acid groups (broad SMARTS) is 1. The predicted octanol–water partition coefficient (Wildman–Crippen LogP) is 2.06. The Bertz CT molecular complexity index is 1650. The molecule has 0 spiro atoms. The fraction of sp³-hybridized carbons (Fsp3) is 0.241. The van der Waals surface area contributed by atoms with Gasteiger partial charge in [-0.1, -0.05) is 36.4 Å². The molecule has 3 atom stereocenters. The second kappa shape index (κ2) is 11.6. The third-order valence-electron chi connectivity index (χ3n) is 6.76. The summed E-state index contributed by atoms with van der Waals surface area (Å²) in [4.78, 5) is 53.2. The summed E-state index contributed by atoms with van der Waals surface area (Å²) in [7, 11) is 1.84. The van der Waals surface area contributed by atoms with E-state index in [-0.39, 0.29) is 24.8 Å². The number of carbonyl (C=O) groups is 4.